The average molecular weight is 451 g/mol. The Labute approximate surface area is 193 Å². The van der Waals surface area contributed by atoms with E-state index < -0.39 is 17.6 Å². The first-order valence-electron chi connectivity index (χ1n) is 11.6. The van der Waals surface area contributed by atoms with Crippen molar-refractivity contribution in [1.29, 1.82) is 0 Å². The molecule has 0 heterocycles. The molecule has 2 aromatic rings. The Morgan fingerprint density at radius 2 is 1.55 bits per heavy atom. The van der Waals surface area contributed by atoms with Crippen molar-refractivity contribution in [2.24, 2.45) is 0 Å². The fraction of sp³-hybridized carbons (Fsp3) is 0.423. The van der Waals surface area contributed by atoms with Gasteiger partial charge >= 0.3 is 12.1 Å². The molecule has 2 amide bonds. The van der Waals surface area contributed by atoms with Crippen LogP contribution in [-0.4, -0.2) is 41.8 Å². The zero-order valence-electron chi connectivity index (χ0n) is 18.6. The van der Waals surface area contributed by atoms with Crippen LogP contribution in [0.4, 0.5) is 4.79 Å². The van der Waals surface area contributed by atoms with Crippen LogP contribution in [0, 0.1) is 0 Å². The van der Waals surface area contributed by atoms with Gasteiger partial charge in [0.25, 0.3) is 0 Å². The number of ether oxygens (including phenoxy) is 1. The molecule has 33 heavy (non-hydrogen) atoms. The van der Waals surface area contributed by atoms with Crippen molar-refractivity contribution in [2.75, 3.05) is 13.2 Å². The molecule has 7 nitrogen and oxygen atoms in total. The van der Waals surface area contributed by atoms with Gasteiger partial charge in [0.15, 0.2) is 0 Å². The number of carboxylic acid groups (broad SMARTS) is 1. The van der Waals surface area contributed by atoms with Gasteiger partial charge in [-0.1, -0.05) is 61.4 Å². The van der Waals surface area contributed by atoms with Crippen LogP contribution >= 0.6 is 0 Å². The number of rotatable bonds is 9. The third-order valence-corrected chi connectivity index (χ3v) is 6.69. The van der Waals surface area contributed by atoms with E-state index in [-0.39, 0.29) is 24.9 Å². The molecule has 2 aliphatic rings. The number of aliphatic carboxylic acids is 1. The molecule has 4 rings (SSSR count). The molecule has 0 aliphatic heterocycles. The van der Waals surface area contributed by atoms with E-state index in [0.717, 1.165) is 12.8 Å². The second-order valence-electron chi connectivity index (χ2n) is 8.85. The van der Waals surface area contributed by atoms with Crippen molar-refractivity contribution in [2.45, 2.75) is 56.4 Å². The molecule has 1 saturated carbocycles. The highest BCUT2D eigenvalue weighted by atomic mass is 16.5. The molecule has 174 valence electrons. The molecule has 0 spiro atoms. The zero-order valence-corrected chi connectivity index (χ0v) is 18.6. The smallest absolute Gasteiger partial charge is 0.407 e. The monoisotopic (exact) mass is 450 g/mol. The third kappa shape index (κ3) is 5.02. The summed E-state index contributed by atoms with van der Waals surface area (Å²) in [6.45, 7) is 0.660. The van der Waals surface area contributed by atoms with Crippen LogP contribution in [0.25, 0.3) is 11.1 Å². The molecule has 2 aliphatic carbocycles. The van der Waals surface area contributed by atoms with E-state index in [2.05, 4.69) is 34.9 Å². The Bertz CT molecular complexity index is 983. The largest absolute Gasteiger partial charge is 0.480 e. The molecule has 0 radical (unpaired) electrons. The molecule has 0 bridgehead atoms. The van der Waals surface area contributed by atoms with Gasteiger partial charge in [0.2, 0.25) is 5.91 Å². The van der Waals surface area contributed by atoms with E-state index in [1.807, 2.05) is 24.3 Å². The molecule has 3 N–H and O–H groups in total. The van der Waals surface area contributed by atoms with Gasteiger partial charge in [0.1, 0.15) is 12.1 Å². The zero-order chi connectivity index (χ0) is 23.3. The second kappa shape index (κ2) is 10.1. The van der Waals surface area contributed by atoms with Gasteiger partial charge in [-0.15, -0.1) is 0 Å². The molecule has 2 aromatic carbocycles. The van der Waals surface area contributed by atoms with Crippen LogP contribution in [0.1, 0.15) is 62.0 Å². The van der Waals surface area contributed by atoms with Crippen LogP contribution in [0.15, 0.2) is 48.5 Å². The van der Waals surface area contributed by atoms with Gasteiger partial charge in [-0.3, -0.25) is 4.79 Å². The fourth-order valence-corrected chi connectivity index (χ4v) is 4.95. The summed E-state index contributed by atoms with van der Waals surface area (Å²) in [6, 6.07) is 16.4. The lowest BCUT2D eigenvalue weighted by Crippen LogP contribution is -2.52. The molecule has 0 unspecified atom stereocenters. The molecule has 7 heteroatoms. The first kappa shape index (κ1) is 22.8. The standard InChI is InChI=1S/C26H30N2O5/c29-23(28-26(24(30)31)14-6-7-15-26)13-5-8-16-27-25(32)33-17-22-20-11-3-1-9-18(20)19-10-2-4-12-21(19)22/h1-4,9-12,22H,5-8,13-17H2,(H,27,32)(H,28,29)(H,30,31). The highest BCUT2D eigenvalue weighted by Crippen LogP contribution is 2.44. The van der Waals surface area contributed by atoms with Gasteiger partial charge in [-0.05, 0) is 47.9 Å². The van der Waals surface area contributed by atoms with E-state index in [1.165, 1.54) is 22.3 Å². The summed E-state index contributed by atoms with van der Waals surface area (Å²) >= 11 is 0. The molecule has 0 atom stereocenters. The Hall–Kier alpha value is -3.35. The summed E-state index contributed by atoms with van der Waals surface area (Å²) in [5.41, 5.74) is 3.60. The minimum atomic E-state index is -1.10. The van der Waals surface area contributed by atoms with Crippen molar-refractivity contribution in [3.63, 3.8) is 0 Å². The summed E-state index contributed by atoms with van der Waals surface area (Å²) in [4.78, 5) is 35.9. The number of hydrogen-bond acceptors (Lipinski definition) is 4. The number of unbranched alkanes of at least 4 members (excludes halogenated alkanes) is 1. The number of carbonyl (C=O) groups excluding carboxylic acids is 2. The number of amides is 2. The maximum absolute atomic E-state index is 12.2. The number of nitrogens with one attached hydrogen (secondary N) is 2. The number of benzene rings is 2. The predicted octanol–water partition coefficient (Wildman–Crippen LogP) is 4.21. The molecular formula is C26H30N2O5. The molecular weight excluding hydrogens is 420 g/mol. The van der Waals surface area contributed by atoms with Crippen molar-refractivity contribution in [3.8, 4) is 11.1 Å². The molecule has 0 saturated heterocycles. The van der Waals surface area contributed by atoms with Crippen LogP contribution in [-0.2, 0) is 14.3 Å². The van der Waals surface area contributed by atoms with E-state index in [1.54, 1.807) is 0 Å². The quantitative estimate of drug-likeness (QED) is 0.497. The lowest BCUT2D eigenvalue weighted by atomic mass is 9.97. The number of carboxylic acids is 1. The lowest BCUT2D eigenvalue weighted by molar-refractivity contribution is -0.147. The van der Waals surface area contributed by atoms with E-state index >= 15 is 0 Å². The van der Waals surface area contributed by atoms with Crippen LogP contribution < -0.4 is 10.6 Å². The van der Waals surface area contributed by atoms with E-state index in [4.69, 9.17) is 4.74 Å². The summed E-state index contributed by atoms with van der Waals surface area (Å²) in [7, 11) is 0. The lowest BCUT2D eigenvalue weighted by Gasteiger charge is -2.25. The third-order valence-electron chi connectivity index (χ3n) is 6.69. The van der Waals surface area contributed by atoms with Gasteiger partial charge in [0, 0.05) is 18.9 Å². The van der Waals surface area contributed by atoms with Gasteiger partial charge < -0.3 is 20.5 Å². The minimum absolute atomic E-state index is 0.0176. The van der Waals surface area contributed by atoms with Crippen molar-refractivity contribution in [3.05, 3.63) is 59.7 Å². The Morgan fingerprint density at radius 1 is 0.939 bits per heavy atom. The van der Waals surface area contributed by atoms with Gasteiger partial charge in [-0.2, -0.15) is 0 Å². The summed E-state index contributed by atoms with van der Waals surface area (Å²) < 4.78 is 5.50. The number of hydrogen-bond donors (Lipinski definition) is 3. The molecule has 0 aromatic heterocycles. The van der Waals surface area contributed by atoms with Crippen molar-refractivity contribution < 1.29 is 24.2 Å². The topological polar surface area (TPSA) is 105 Å². The predicted molar refractivity (Wildman–Crippen MR) is 124 cm³/mol. The van der Waals surface area contributed by atoms with Crippen LogP contribution in [0.2, 0.25) is 0 Å². The maximum atomic E-state index is 12.2. The fourth-order valence-electron chi connectivity index (χ4n) is 4.95. The van der Waals surface area contributed by atoms with Gasteiger partial charge in [0.05, 0.1) is 0 Å². The van der Waals surface area contributed by atoms with Crippen LogP contribution in [0.5, 0.6) is 0 Å². The number of fused-ring (bicyclic) bond motifs is 3. The normalized spacial score (nSPS) is 16.0. The average Bonchev–Trinajstić information content (AvgIpc) is 3.41. The van der Waals surface area contributed by atoms with Crippen molar-refractivity contribution in [1.82, 2.24) is 10.6 Å². The highest BCUT2D eigenvalue weighted by molar-refractivity contribution is 5.87. The second-order valence-corrected chi connectivity index (χ2v) is 8.85. The first-order chi connectivity index (χ1) is 16.0. The maximum Gasteiger partial charge on any atom is 0.407 e. The molecule has 1 fully saturated rings. The van der Waals surface area contributed by atoms with Gasteiger partial charge in [-0.25, -0.2) is 9.59 Å². The number of alkyl carbamates (subject to hydrolysis) is 1. The SMILES string of the molecule is O=C(CCCCNC(=O)OCC1c2ccccc2-c2ccccc21)NC1(C(=O)O)CCCC1. The summed E-state index contributed by atoms with van der Waals surface area (Å²) in [6.07, 6.45) is 3.53. The van der Waals surface area contributed by atoms with Crippen molar-refractivity contribution >= 4 is 18.0 Å². The summed E-state index contributed by atoms with van der Waals surface area (Å²) in [5, 5.41) is 14.9. The van der Waals surface area contributed by atoms with E-state index in [0.29, 0.717) is 32.2 Å². The Balaban J connectivity index is 1.17. The van der Waals surface area contributed by atoms with Crippen LogP contribution in [0.3, 0.4) is 0 Å². The highest BCUT2D eigenvalue weighted by Gasteiger charge is 2.42. The Kier molecular flexibility index (Phi) is 6.96. The summed E-state index contributed by atoms with van der Waals surface area (Å²) in [5.74, 6) is -1.19. The Morgan fingerprint density at radius 3 is 2.15 bits per heavy atom. The van der Waals surface area contributed by atoms with E-state index in [9.17, 15) is 19.5 Å². The minimum Gasteiger partial charge on any atom is -0.480 e. The first-order valence-corrected chi connectivity index (χ1v) is 11.6. The number of carbonyl (C=O) groups is 3.